The molecule has 1 aromatic rings. The molecule has 0 unspecified atom stereocenters. The summed E-state index contributed by atoms with van der Waals surface area (Å²) in [5.74, 6) is 0. The largest absolute Gasteiger partial charge is 0.326 e. The molecule has 1 aromatic heterocycles. The van der Waals surface area contributed by atoms with Crippen LogP contribution in [0.5, 0.6) is 0 Å². The van der Waals surface area contributed by atoms with Gasteiger partial charge in [-0.15, -0.1) is 11.3 Å². The monoisotopic (exact) mass is 155 g/mol. The maximum atomic E-state index is 5.53. The first-order valence-corrected chi connectivity index (χ1v) is 4.43. The lowest BCUT2D eigenvalue weighted by molar-refractivity contribution is 1.05. The number of thiophene rings is 1. The van der Waals surface area contributed by atoms with Gasteiger partial charge in [-0.25, -0.2) is 0 Å². The van der Waals surface area contributed by atoms with E-state index in [-0.39, 0.29) is 0 Å². The first-order chi connectivity index (χ1) is 4.79. The molecule has 0 aromatic carbocycles. The zero-order chi connectivity index (χ0) is 7.56. The van der Waals surface area contributed by atoms with Gasteiger partial charge in [-0.2, -0.15) is 0 Å². The predicted octanol–water partition coefficient (Wildman–Crippen LogP) is 2.08. The second kappa shape index (κ2) is 3.17. The van der Waals surface area contributed by atoms with Crippen LogP contribution in [-0.2, 0) is 13.0 Å². The third-order valence-electron chi connectivity index (χ3n) is 1.78. The van der Waals surface area contributed by atoms with E-state index in [9.17, 15) is 0 Å². The molecule has 0 bridgehead atoms. The van der Waals surface area contributed by atoms with Crippen LogP contribution < -0.4 is 5.73 Å². The van der Waals surface area contributed by atoms with Gasteiger partial charge in [0, 0.05) is 11.4 Å². The quantitative estimate of drug-likeness (QED) is 0.695. The van der Waals surface area contributed by atoms with Gasteiger partial charge in [0.1, 0.15) is 0 Å². The Morgan fingerprint density at radius 3 is 2.60 bits per heavy atom. The van der Waals surface area contributed by atoms with Crippen LogP contribution in [0.3, 0.4) is 0 Å². The van der Waals surface area contributed by atoms with E-state index in [1.54, 1.807) is 0 Å². The standard InChI is InChI=1S/C8H13NS/c1-3-8-6(2)7(4-9)5-10-8/h5H,3-4,9H2,1-2H3. The summed E-state index contributed by atoms with van der Waals surface area (Å²) in [6.07, 6.45) is 1.14. The Hall–Kier alpha value is -0.340. The van der Waals surface area contributed by atoms with Crippen LogP contribution >= 0.6 is 11.3 Å². The van der Waals surface area contributed by atoms with Gasteiger partial charge in [0.15, 0.2) is 0 Å². The highest BCUT2D eigenvalue weighted by Gasteiger charge is 2.02. The molecule has 0 amide bonds. The number of nitrogens with two attached hydrogens (primary N) is 1. The van der Waals surface area contributed by atoms with Crippen LogP contribution in [0, 0.1) is 6.92 Å². The van der Waals surface area contributed by atoms with Crippen molar-refractivity contribution >= 4 is 11.3 Å². The van der Waals surface area contributed by atoms with Crippen molar-refractivity contribution in [2.75, 3.05) is 0 Å². The van der Waals surface area contributed by atoms with E-state index in [0.717, 1.165) is 6.42 Å². The third-order valence-corrected chi connectivity index (χ3v) is 3.07. The summed E-state index contributed by atoms with van der Waals surface area (Å²) < 4.78 is 0. The van der Waals surface area contributed by atoms with Gasteiger partial charge in [-0.1, -0.05) is 6.92 Å². The van der Waals surface area contributed by atoms with Crippen LogP contribution in [0.2, 0.25) is 0 Å². The molecule has 1 nitrogen and oxygen atoms in total. The van der Waals surface area contributed by atoms with Gasteiger partial charge < -0.3 is 5.73 Å². The van der Waals surface area contributed by atoms with Crippen LogP contribution in [0.1, 0.15) is 22.9 Å². The van der Waals surface area contributed by atoms with Gasteiger partial charge in [0.25, 0.3) is 0 Å². The van der Waals surface area contributed by atoms with Crippen molar-refractivity contribution in [3.63, 3.8) is 0 Å². The summed E-state index contributed by atoms with van der Waals surface area (Å²) in [5.41, 5.74) is 8.23. The lowest BCUT2D eigenvalue weighted by Crippen LogP contribution is -1.96. The predicted molar refractivity (Wildman–Crippen MR) is 46.3 cm³/mol. The minimum absolute atomic E-state index is 0.683. The van der Waals surface area contributed by atoms with Crippen LogP contribution in [0.15, 0.2) is 5.38 Å². The van der Waals surface area contributed by atoms with Crippen molar-refractivity contribution in [1.82, 2.24) is 0 Å². The van der Waals surface area contributed by atoms with Crippen molar-refractivity contribution in [1.29, 1.82) is 0 Å². The van der Waals surface area contributed by atoms with E-state index < -0.39 is 0 Å². The Bertz CT molecular complexity index is 194. The first kappa shape index (κ1) is 7.76. The zero-order valence-corrected chi connectivity index (χ0v) is 7.29. The Morgan fingerprint density at radius 2 is 2.30 bits per heavy atom. The summed E-state index contributed by atoms with van der Waals surface area (Å²) in [6, 6.07) is 0. The average Bonchev–Trinajstić information content (AvgIpc) is 2.30. The molecular formula is C8H13NS. The molecule has 56 valence electrons. The minimum Gasteiger partial charge on any atom is -0.326 e. The molecular weight excluding hydrogens is 142 g/mol. The topological polar surface area (TPSA) is 26.0 Å². The smallest absolute Gasteiger partial charge is 0.0189 e. The highest BCUT2D eigenvalue weighted by Crippen LogP contribution is 2.21. The second-order valence-electron chi connectivity index (χ2n) is 2.37. The Kier molecular flexibility index (Phi) is 2.46. The molecule has 0 atom stereocenters. The normalized spacial score (nSPS) is 10.3. The van der Waals surface area contributed by atoms with Crippen molar-refractivity contribution in [2.45, 2.75) is 26.8 Å². The number of hydrogen-bond donors (Lipinski definition) is 1. The van der Waals surface area contributed by atoms with Crippen LogP contribution in [0.4, 0.5) is 0 Å². The molecule has 1 rings (SSSR count). The lowest BCUT2D eigenvalue weighted by atomic mass is 10.1. The number of hydrogen-bond acceptors (Lipinski definition) is 2. The summed E-state index contributed by atoms with van der Waals surface area (Å²) in [6.45, 7) is 5.01. The minimum atomic E-state index is 0.683. The molecule has 0 aliphatic heterocycles. The van der Waals surface area contributed by atoms with Crippen molar-refractivity contribution in [2.24, 2.45) is 5.73 Å². The molecule has 1 heterocycles. The van der Waals surface area contributed by atoms with Crippen molar-refractivity contribution in [3.8, 4) is 0 Å². The Balaban J connectivity index is 2.97. The molecule has 0 aliphatic carbocycles. The van der Waals surface area contributed by atoms with E-state index in [4.69, 9.17) is 5.73 Å². The van der Waals surface area contributed by atoms with E-state index in [1.165, 1.54) is 16.0 Å². The summed E-state index contributed by atoms with van der Waals surface area (Å²) in [7, 11) is 0. The lowest BCUT2D eigenvalue weighted by Gasteiger charge is -1.94. The molecule has 2 heteroatoms. The zero-order valence-electron chi connectivity index (χ0n) is 6.48. The van der Waals surface area contributed by atoms with E-state index in [0.29, 0.717) is 6.54 Å². The summed E-state index contributed by atoms with van der Waals surface area (Å²) >= 11 is 1.82. The first-order valence-electron chi connectivity index (χ1n) is 3.55. The fraction of sp³-hybridized carbons (Fsp3) is 0.500. The molecule has 2 N–H and O–H groups in total. The highest BCUT2D eigenvalue weighted by molar-refractivity contribution is 7.10. The molecule has 0 fully saturated rings. The Labute approximate surface area is 65.9 Å². The highest BCUT2D eigenvalue weighted by atomic mass is 32.1. The molecule has 0 saturated carbocycles. The van der Waals surface area contributed by atoms with E-state index >= 15 is 0 Å². The van der Waals surface area contributed by atoms with Gasteiger partial charge >= 0.3 is 0 Å². The number of rotatable bonds is 2. The second-order valence-corrected chi connectivity index (χ2v) is 3.33. The van der Waals surface area contributed by atoms with Gasteiger partial charge in [0.2, 0.25) is 0 Å². The van der Waals surface area contributed by atoms with E-state index in [2.05, 4.69) is 19.2 Å². The number of aryl methyl sites for hydroxylation is 1. The van der Waals surface area contributed by atoms with Crippen LogP contribution in [-0.4, -0.2) is 0 Å². The van der Waals surface area contributed by atoms with Crippen molar-refractivity contribution in [3.05, 3.63) is 21.4 Å². The van der Waals surface area contributed by atoms with Gasteiger partial charge in [0.05, 0.1) is 0 Å². The maximum Gasteiger partial charge on any atom is 0.0189 e. The summed E-state index contributed by atoms with van der Waals surface area (Å²) in [5, 5.41) is 2.16. The van der Waals surface area contributed by atoms with Gasteiger partial charge in [-0.3, -0.25) is 0 Å². The molecule has 0 spiro atoms. The average molecular weight is 155 g/mol. The molecule has 0 saturated heterocycles. The SMILES string of the molecule is CCc1scc(CN)c1C. The van der Waals surface area contributed by atoms with Crippen molar-refractivity contribution < 1.29 is 0 Å². The Morgan fingerprint density at radius 1 is 1.60 bits per heavy atom. The van der Waals surface area contributed by atoms with Crippen LogP contribution in [0.25, 0.3) is 0 Å². The fourth-order valence-corrected chi connectivity index (χ4v) is 2.08. The summed E-state index contributed by atoms with van der Waals surface area (Å²) in [4.78, 5) is 1.47. The molecule has 0 aliphatic rings. The van der Waals surface area contributed by atoms with Gasteiger partial charge in [-0.05, 0) is 29.9 Å². The van der Waals surface area contributed by atoms with E-state index in [1.807, 2.05) is 11.3 Å². The maximum absolute atomic E-state index is 5.53. The third kappa shape index (κ3) is 1.22. The molecule has 10 heavy (non-hydrogen) atoms. The fourth-order valence-electron chi connectivity index (χ4n) is 1.05. The molecule has 0 radical (unpaired) electrons.